The highest BCUT2D eigenvalue weighted by Gasteiger charge is 2.07. The predicted octanol–water partition coefficient (Wildman–Crippen LogP) is 2.58. The summed E-state index contributed by atoms with van der Waals surface area (Å²) in [5.41, 5.74) is 3.17. The van der Waals surface area contributed by atoms with Crippen LogP contribution < -0.4 is 5.32 Å². The molecule has 1 amide bonds. The summed E-state index contributed by atoms with van der Waals surface area (Å²) in [5, 5.41) is 10.6. The lowest BCUT2D eigenvalue weighted by Crippen LogP contribution is -2.11. The van der Waals surface area contributed by atoms with E-state index >= 15 is 0 Å². The Morgan fingerprint density at radius 2 is 1.89 bits per heavy atom. The highest BCUT2D eigenvalue weighted by Crippen LogP contribution is 2.13. The summed E-state index contributed by atoms with van der Waals surface area (Å²) >= 11 is 1.29. The lowest BCUT2D eigenvalue weighted by molar-refractivity contribution is 0.102. The van der Waals surface area contributed by atoms with Crippen molar-refractivity contribution >= 4 is 22.4 Å². The summed E-state index contributed by atoms with van der Waals surface area (Å²) in [6.07, 6.45) is 3.91. The van der Waals surface area contributed by atoms with Crippen LogP contribution in [0.2, 0.25) is 0 Å². The molecule has 0 aliphatic carbocycles. The van der Waals surface area contributed by atoms with Gasteiger partial charge in [-0.1, -0.05) is 11.3 Å². The van der Waals surface area contributed by atoms with E-state index in [0.717, 1.165) is 5.69 Å². The van der Waals surface area contributed by atoms with Crippen molar-refractivity contribution in [2.75, 3.05) is 5.32 Å². The van der Waals surface area contributed by atoms with Crippen LogP contribution in [-0.2, 0) is 0 Å². The monoisotopic (exact) mass is 270 g/mol. The maximum atomic E-state index is 11.9. The molecule has 0 bridgehead atoms. The number of aromatic nitrogens is 3. The molecule has 2 aromatic heterocycles. The number of hydrogen-bond acceptors (Lipinski definition) is 4. The first-order valence-electron chi connectivity index (χ1n) is 5.64. The van der Waals surface area contributed by atoms with E-state index in [4.69, 9.17) is 0 Å². The summed E-state index contributed by atoms with van der Waals surface area (Å²) < 4.78 is 1.98. The van der Waals surface area contributed by atoms with E-state index < -0.39 is 0 Å². The van der Waals surface area contributed by atoms with Gasteiger partial charge in [0.2, 0.25) is 5.13 Å². The fourth-order valence-electron chi connectivity index (χ4n) is 1.69. The van der Waals surface area contributed by atoms with Crippen molar-refractivity contribution in [2.24, 2.45) is 0 Å². The summed E-state index contributed by atoms with van der Waals surface area (Å²) in [4.78, 5) is 11.9. The van der Waals surface area contributed by atoms with Gasteiger partial charge in [-0.05, 0) is 36.4 Å². The van der Waals surface area contributed by atoms with Crippen molar-refractivity contribution in [3.05, 3.63) is 59.9 Å². The summed E-state index contributed by atoms with van der Waals surface area (Å²) in [5.74, 6) is -0.184. The maximum absolute atomic E-state index is 11.9. The molecule has 1 aromatic carbocycles. The molecule has 5 nitrogen and oxygen atoms in total. The molecule has 3 aromatic rings. The van der Waals surface area contributed by atoms with Gasteiger partial charge in [0.25, 0.3) is 5.91 Å². The van der Waals surface area contributed by atoms with E-state index in [0.29, 0.717) is 10.7 Å². The van der Waals surface area contributed by atoms with Crippen molar-refractivity contribution < 1.29 is 4.79 Å². The number of nitrogens with one attached hydrogen (secondary N) is 1. The molecule has 19 heavy (non-hydrogen) atoms. The minimum atomic E-state index is -0.184. The Bertz CT molecular complexity index is 659. The molecule has 0 saturated heterocycles. The van der Waals surface area contributed by atoms with Gasteiger partial charge in [-0.15, -0.1) is 10.2 Å². The second-order valence-corrected chi connectivity index (χ2v) is 4.67. The number of benzene rings is 1. The minimum absolute atomic E-state index is 0.184. The van der Waals surface area contributed by atoms with Gasteiger partial charge in [-0.25, -0.2) is 0 Å². The number of amides is 1. The number of anilines is 1. The van der Waals surface area contributed by atoms with Crippen LogP contribution in [0.4, 0.5) is 5.13 Å². The second-order valence-electron chi connectivity index (χ2n) is 3.84. The Labute approximate surface area is 113 Å². The van der Waals surface area contributed by atoms with E-state index in [2.05, 4.69) is 15.5 Å². The normalized spacial score (nSPS) is 10.3. The first-order valence-corrected chi connectivity index (χ1v) is 6.52. The molecule has 0 saturated carbocycles. The van der Waals surface area contributed by atoms with Crippen LogP contribution in [0.1, 0.15) is 10.4 Å². The van der Waals surface area contributed by atoms with Crippen LogP contribution in [0.3, 0.4) is 0 Å². The van der Waals surface area contributed by atoms with E-state index in [1.165, 1.54) is 11.3 Å². The van der Waals surface area contributed by atoms with Crippen molar-refractivity contribution in [1.82, 2.24) is 14.8 Å². The van der Waals surface area contributed by atoms with Gasteiger partial charge in [0.05, 0.1) is 0 Å². The third-order valence-electron chi connectivity index (χ3n) is 2.61. The van der Waals surface area contributed by atoms with Gasteiger partial charge in [0, 0.05) is 23.6 Å². The number of hydrogen-bond donors (Lipinski definition) is 1. The zero-order valence-electron chi connectivity index (χ0n) is 9.85. The van der Waals surface area contributed by atoms with Crippen molar-refractivity contribution in [2.45, 2.75) is 0 Å². The Morgan fingerprint density at radius 3 is 2.53 bits per heavy atom. The molecule has 0 aliphatic rings. The molecule has 0 aliphatic heterocycles. The minimum Gasteiger partial charge on any atom is -0.324 e. The average Bonchev–Trinajstić information content (AvgIpc) is 3.12. The van der Waals surface area contributed by atoms with E-state index in [9.17, 15) is 4.79 Å². The molecular weight excluding hydrogens is 260 g/mol. The van der Waals surface area contributed by atoms with Crippen molar-refractivity contribution in [3.8, 4) is 5.69 Å². The maximum Gasteiger partial charge on any atom is 0.257 e. The Kier molecular flexibility index (Phi) is 3.07. The smallest absolute Gasteiger partial charge is 0.257 e. The lowest BCUT2D eigenvalue weighted by Gasteiger charge is -2.05. The van der Waals surface area contributed by atoms with Crippen molar-refractivity contribution in [1.29, 1.82) is 0 Å². The van der Waals surface area contributed by atoms with Gasteiger partial charge >= 0.3 is 0 Å². The topological polar surface area (TPSA) is 59.8 Å². The molecular formula is C13H10N4OS. The Hall–Kier alpha value is -2.47. The average molecular weight is 270 g/mol. The number of carbonyl (C=O) groups excluding carboxylic acids is 1. The molecule has 3 rings (SSSR count). The molecule has 1 N–H and O–H groups in total. The van der Waals surface area contributed by atoms with Gasteiger partial charge in [0.15, 0.2) is 0 Å². The third kappa shape index (κ3) is 2.53. The Balaban J connectivity index is 1.77. The van der Waals surface area contributed by atoms with Crippen LogP contribution in [0, 0.1) is 0 Å². The lowest BCUT2D eigenvalue weighted by atomic mass is 10.2. The van der Waals surface area contributed by atoms with E-state index in [1.807, 2.05) is 41.2 Å². The molecule has 0 unspecified atom stereocenters. The molecule has 0 fully saturated rings. The van der Waals surface area contributed by atoms with Gasteiger partial charge in [0.1, 0.15) is 5.51 Å². The standard InChI is InChI=1S/C13H10N4OS/c18-12(15-13-16-14-9-19-13)10-3-5-11(6-4-10)17-7-1-2-8-17/h1-9H,(H,15,16,18). The highest BCUT2D eigenvalue weighted by molar-refractivity contribution is 7.13. The zero-order chi connectivity index (χ0) is 13.1. The summed E-state index contributed by atoms with van der Waals surface area (Å²) in [6.45, 7) is 0. The van der Waals surface area contributed by atoms with Crippen LogP contribution in [0.25, 0.3) is 5.69 Å². The number of rotatable bonds is 3. The van der Waals surface area contributed by atoms with Gasteiger partial charge in [-0.2, -0.15) is 0 Å². The fraction of sp³-hybridized carbons (Fsp3) is 0. The molecule has 2 heterocycles. The Morgan fingerprint density at radius 1 is 1.16 bits per heavy atom. The first kappa shape index (κ1) is 11.6. The van der Waals surface area contributed by atoms with Crippen molar-refractivity contribution in [3.63, 3.8) is 0 Å². The van der Waals surface area contributed by atoms with E-state index in [-0.39, 0.29) is 5.91 Å². The SMILES string of the molecule is O=C(Nc1nncs1)c1ccc(-n2cccc2)cc1. The largest absolute Gasteiger partial charge is 0.324 e. The molecule has 6 heteroatoms. The van der Waals surface area contributed by atoms with Crippen LogP contribution >= 0.6 is 11.3 Å². The molecule has 0 spiro atoms. The summed E-state index contributed by atoms with van der Waals surface area (Å²) in [7, 11) is 0. The van der Waals surface area contributed by atoms with Crippen LogP contribution in [0.5, 0.6) is 0 Å². The third-order valence-corrected chi connectivity index (χ3v) is 3.22. The van der Waals surface area contributed by atoms with Gasteiger partial charge < -0.3 is 4.57 Å². The van der Waals surface area contributed by atoms with E-state index in [1.54, 1.807) is 17.6 Å². The molecule has 0 radical (unpaired) electrons. The van der Waals surface area contributed by atoms with Crippen LogP contribution in [-0.4, -0.2) is 20.7 Å². The first-order chi connectivity index (χ1) is 9.33. The zero-order valence-corrected chi connectivity index (χ0v) is 10.7. The predicted molar refractivity (Wildman–Crippen MR) is 73.6 cm³/mol. The summed E-state index contributed by atoms with van der Waals surface area (Å²) in [6, 6.07) is 11.3. The fourth-order valence-corrected chi connectivity index (χ4v) is 2.13. The van der Waals surface area contributed by atoms with Gasteiger partial charge in [-0.3, -0.25) is 10.1 Å². The highest BCUT2D eigenvalue weighted by atomic mass is 32.1. The molecule has 0 atom stereocenters. The number of carbonyl (C=O) groups is 1. The number of nitrogens with zero attached hydrogens (tertiary/aromatic N) is 3. The quantitative estimate of drug-likeness (QED) is 0.795. The molecule has 94 valence electrons. The van der Waals surface area contributed by atoms with Crippen LogP contribution in [0.15, 0.2) is 54.3 Å². The second kappa shape index (κ2) is 5.03.